The number of hydrogen-bond donors (Lipinski definition) is 1. The van der Waals surface area contributed by atoms with Crippen LogP contribution in [0.25, 0.3) is 0 Å². The fraction of sp³-hybridized carbons (Fsp3) is 0.579. The molecule has 1 aromatic rings. The van der Waals surface area contributed by atoms with Crippen LogP contribution in [-0.4, -0.2) is 48.6 Å². The number of carbonyl (C=O) groups is 2. The van der Waals surface area contributed by atoms with Crippen LogP contribution >= 0.6 is 0 Å². The molecule has 1 heterocycles. The van der Waals surface area contributed by atoms with Crippen molar-refractivity contribution in [3.05, 3.63) is 35.9 Å². The average Bonchev–Trinajstić information content (AvgIpc) is 2.60. The minimum Gasteiger partial charge on any atom is -0.445 e. The van der Waals surface area contributed by atoms with Gasteiger partial charge in [-0.15, -0.1) is 0 Å². The summed E-state index contributed by atoms with van der Waals surface area (Å²) in [5.41, 5.74) is 0.368. The van der Waals surface area contributed by atoms with E-state index in [9.17, 15) is 9.59 Å². The zero-order valence-corrected chi connectivity index (χ0v) is 15.7. The Kier molecular flexibility index (Phi) is 7.26. The molecule has 1 unspecified atom stereocenters. The predicted molar refractivity (Wildman–Crippen MR) is 96.5 cm³/mol. The molecule has 0 spiro atoms. The molecule has 1 fully saturated rings. The van der Waals surface area contributed by atoms with Crippen LogP contribution in [0, 0.1) is 0 Å². The lowest BCUT2D eigenvalue weighted by Gasteiger charge is -2.36. The molecular weight excluding hydrogens is 336 g/mol. The highest BCUT2D eigenvalue weighted by Crippen LogP contribution is 2.18. The molecule has 26 heavy (non-hydrogen) atoms. The van der Waals surface area contributed by atoms with Gasteiger partial charge < -0.3 is 19.5 Å². The molecule has 1 aliphatic heterocycles. The van der Waals surface area contributed by atoms with Crippen molar-refractivity contribution in [2.24, 2.45) is 0 Å². The lowest BCUT2D eigenvalue weighted by Crippen LogP contribution is -2.49. The van der Waals surface area contributed by atoms with Crippen LogP contribution < -0.4 is 5.32 Å². The first-order chi connectivity index (χ1) is 12.3. The lowest BCUT2D eigenvalue weighted by molar-refractivity contribution is -0.0978. The molecule has 1 saturated heterocycles. The smallest absolute Gasteiger partial charge is 0.412 e. The minimum atomic E-state index is -0.557. The van der Waals surface area contributed by atoms with E-state index in [4.69, 9.17) is 14.2 Å². The van der Waals surface area contributed by atoms with E-state index < -0.39 is 24.0 Å². The molecule has 7 nitrogen and oxygen atoms in total. The first-order valence-corrected chi connectivity index (χ1v) is 8.91. The Morgan fingerprint density at radius 2 is 2.00 bits per heavy atom. The minimum absolute atomic E-state index is 0.219. The highest BCUT2D eigenvalue weighted by Gasteiger charge is 2.31. The van der Waals surface area contributed by atoms with Crippen molar-refractivity contribution in [1.82, 2.24) is 10.2 Å². The van der Waals surface area contributed by atoms with Gasteiger partial charge in [0.2, 0.25) is 0 Å². The van der Waals surface area contributed by atoms with Crippen LogP contribution in [0.1, 0.15) is 39.2 Å². The van der Waals surface area contributed by atoms with Crippen molar-refractivity contribution in [3.63, 3.8) is 0 Å². The summed E-state index contributed by atoms with van der Waals surface area (Å²) in [5.74, 6) is 0. The summed E-state index contributed by atoms with van der Waals surface area (Å²) >= 11 is 0. The number of ether oxygens (including phenoxy) is 3. The van der Waals surface area contributed by atoms with Gasteiger partial charge >= 0.3 is 12.2 Å². The lowest BCUT2D eigenvalue weighted by atomic mass is 10.2. The van der Waals surface area contributed by atoms with Gasteiger partial charge in [-0.2, -0.15) is 0 Å². The molecule has 0 aliphatic carbocycles. The molecule has 2 rings (SSSR count). The van der Waals surface area contributed by atoms with Crippen LogP contribution in [-0.2, 0) is 20.8 Å². The Bertz CT molecular complexity index is 585. The van der Waals surface area contributed by atoms with E-state index in [0.717, 1.165) is 12.0 Å². The first-order valence-electron chi connectivity index (χ1n) is 8.91. The SMILES string of the molecule is CC(C)(C)OC(=O)N1CCCOC1CCNC(=O)OCc1ccccc1. The third-order valence-electron chi connectivity index (χ3n) is 3.70. The standard InChI is InChI=1S/C19H28N2O5/c1-19(2,3)26-18(23)21-12-7-13-24-16(21)10-11-20-17(22)25-14-15-8-5-4-6-9-15/h4-6,8-9,16H,7,10-14H2,1-3H3,(H,20,22). The predicted octanol–water partition coefficient (Wildman–Crippen LogP) is 3.29. The normalized spacial score (nSPS) is 17.5. The molecule has 1 aromatic carbocycles. The van der Waals surface area contributed by atoms with Crippen LogP contribution in [0.2, 0.25) is 0 Å². The Morgan fingerprint density at radius 3 is 2.69 bits per heavy atom. The third-order valence-corrected chi connectivity index (χ3v) is 3.70. The fourth-order valence-corrected chi connectivity index (χ4v) is 2.53. The molecule has 2 amide bonds. The Morgan fingerprint density at radius 1 is 1.27 bits per heavy atom. The Labute approximate surface area is 154 Å². The van der Waals surface area contributed by atoms with Crippen molar-refractivity contribution in [1.29, 1.82) is 0 Å². The summed E-state index contributed by atoms with van der Waals surface area (Å²) in [7, 11) is 0. The first kappa shape index (κ1) is 20.0. The van der Waals surface area contributed by atoms with Crippen LogP contribution in [0.3, 0.4) is 0 Å². The molecule has 0 saturated carbocycles. The molecule has 1 aliphatic rings. The largest absolute Gasteiger partial charge is 0.445 e. The van der Waals surface area contributed by atoms with E-state index in [-0.39, 0.29) is 6.61 Å². The number of nitrogens with zero attached hydrogens (tertiary/aromatic N) is 1. The maximum Gasteiger partial charge on any atom is 0.412 e. The van der Waals surface area contributed by atoms with Gasteiger partial charge in [0, 0.05) is 19.5 Å². The summed E-state index contributed by atoms with van der Waals surface area (Å²) in [4.78, 5) is 25.6. The maximum absolute atomic E-state index is 12.3. The summed E-state index contributed by atoms with van der Waals surface area (Å²) in [6, 6.07) is 9.47. The van der Waals surface area contributed by atoms with Gasteiger partial charge in [0.05, 0.1) is 6.61 Å². The number of alkyl carbamates (subject to hydrolysis) is 1. The van der Waals surface area contributed by atoms with E-state index in [0.29, 0.717) is 26.1 Å². The van der Waals surface area contributed by atoms with Gasteiger partial charge in [-0.05, 0) is 32.8 Å². The van der Waals surface area contributed by atoms with Gasteiger partial charge in [-0.25, -0.2) is 9.59 Å². The van der Waals surface area contributed by atoms with Crippen molar-refractivity contribution in [2.75, 3.05) is 19.7 Å². The van der Waals surface area contributed by atoms with E-state index in [1.165, 1.54) is 0 Å². The molecule has 1 N–H and O–H groups in total. The summed E-state index contributed by atoms with van der Waals surface area (Å²) < 4.78 is 16.2. The highest BCUT2D eigenvalue weighted by atomic mass is 16.6. The number of nitrogens with one attached hydrogen (secondary N) is 1. The molecule has 144 valence electrons. The van der Waals surface area contributed by atoms with Gasteiger partial charge in [-0.1, -0.05) is 30.3 Å². The van der Waals surface area contributed by atoms with Crippen molar-refractivity contribution < 1.29 is 23.8 Å². The van der Waals surface area contributed by atoms with E-state index >= 15 is 0 Å². The number of rotatable bonds is 5. The number of benzene rings is 1. The number of amides is 2. The quantitative estimate of drug-likeness (QED) is 0.867. The molecular formula is C19H28N2O5. The van der Waals surface area contributed by atoms with Gasteiger partial charge in [0.15, 0.2) is 0 Å². The van der Waals surface area contributed by atoms with Gasteiger partial charge in [-0.3, -0.25) is 4.90 Å². The van der Waals surface area contributed by atoms with E-state index in [1.54, 1.807) is 4.90 Å². The summed E-state index contributed by atoms with van der Waals surface area (Å²) in [6.45, 7) is 7.22. The Hall–Kier alpha value is -2.28. The second kappa shape index (κ2) is 9.43. The molecule has 0 bridgehead atoms. The van der Waals surface area contributed by atoms with Crippen molar-refractivity contribution >= 4 is 12.2 Å². The summed E-state index contributed by atoms with van der Waals surface area (Å²) in [5, 5.41) is 2.69. The van der Waals surface area contributed by atoms with Gasteiger partial charge in [0.25, 0.3) is 0 Å². The monoisotopic (exact) mass is 364 g/mol. The van der Waals surface area contributed by atoms with E-state index in [2.05, 4.69) is 5.32 Å². The molecule has 0 aromatic heterocycles. The van der Waals surface area contributed by atoms with Crippen LogP contribution in [0.5, 0.6) is 0 Å². The summed E-state index contributed by atoms with van der Waals surface area (Å²) in [6.07, 6.45) is -0.0579. The third kappa shape index (κ3) is 6.92. The number of carbonyl (C=O) groups excluding carboxylic acids is 2. The molecule has 1 atom stereocenters. The van der Waals surface area contributed by atoms with Crippen molar-refractivity contribution in [2.45, 2.75) is 52.0 Å². The van der Waals surface area contributed by atoms with Gasteiger partial charge in [0.1, 0.15) is 18.4 Å². The molecule has 0 radical (unpaired) electrons. The van der Waals surface area contributed by atoms with Crippen LogP contribution in [0.4, 0.5) is 9.59 Å². The second-order valence-electron chi connectivity index (χ2n) is 7.13. The number of hydrogen-bond acceptors (Lipinski definition) is 5. The van der Waals surface area contributed by atoms with Crippen molar-refractivity contribution in [3.8, 4) is 0 Å². The van der Waals surface area contributed by atoms with Crippen LogP contribution in [0.15, 0.2) is 30.3 Å². The van der Waals surface area contributed by atoms with E-state index in [1.807, 2.05) is 51.1 Å². The Balaban J connectivity index is 1.73. The zero-order valence-electron chi connectivity index (χ0n) is 15.7. The maximum atomic E-state index is 12.3. The zero-order chi connectivity index (χ0) is 19.0. The highest BCUT2D eigenvalue weighted by molar-refractivity contribution is 5.68. The second-order valence-corrected chi connectivity index (χ2v) is 7.13. The topological polar surface area (TPSA) is 77.1 Å². The fourth-order valence-electron chi connectivity index (χ4n) is 2.53. The molecule has 7 heteroatoms. The average molecular weight is 364 g/mol.